The minimum atomic E-state index is -1.14. The number of nitrogens with one attached hydrogen (secondary N) is 2. The van der Waals surface area contributed by atoms with Gasteiger partial charge in [0.15, 0.2) is 6.10 Å². The Morgan fingerprint density at radius 2 is 1.79 bits per heavy atom. The smallest absolute Gasteiger partial charge is 0.342 e. The van der Waals surface area contributed by atoms with E-state index in [0.29, 0.717) is 10.8 Å². The molecule has 1 aliphatic rings. The topological polar surface area (TPSA) is 93.7 Å². The Kier molecular flexibility index (Phi) is 6.72. The zero-order chi connectivity index (χ0) is 20.8. The fraction of sp³-hybridized carbons (Fsp3) is 0.286. The first kappa shape index (κ1) is 20.7. The van der Waals surface area contributed by atoms with Gasteiger partial charge in [0.1, 0.15) is 17.9 Å². The molecule has 7 nitrogen and oxygen atoms in total. The van der Waals surface area contributed by atoms with E-state index in [9.17, 15) is 14.4 Å². The van der Waals surface area contributed by atoms with Gasteiger partial charge in [-0.15, -0.1) is 0 Å². The van der Waals surface area contributed by atoms with Crippen LogP contribution in [0.3, 0.4) is 0 Å². The van der Waals surface area contributed by atoms with Gasteiger partial charge in [-0.3, -0.25) is 10.1 Å². The maximum absolute atomic E-state index is 12.5. The standard InChI is InChI=1S/C21H21ClN2O5/c1-13(19(25)24-21(27)23-16-10-11-16)29-20(26)17-4-2-3-5-18(17)28-12-14-6-8-15(22)9-7-14/h2-9,13,16H,10-12H2,1H3,(H2,23,24,25,27)/t13-/m0/s1. The van der Waals surface area contributed by atoms with E-state index >= 15 is 0 Å². The van der Waals surface area contributed by atoms with Crippen LogP contribution in [0.15, 0.2) is 48.5 Å². The highest BCUT2D eigenvalue weighted by Gasteiger charge is 2.26. The Labute approximate surface area is 173 Å². The van der Waals surface area contributed by atoms with E-state index in [0.717, 1.165) is 18.4 Å². The summed E-state index contributed by atoms with van der Waals surface area (Å²) in [6, 6.07) is 13.2. The molecule has 1 saturated carbocycles. The van der Waals surface area contributed by atoms with Crippen molar-refractivity contribution in [1.82, 2.24) is 10.6 Å². The number of halogens is 1. The number of para-hydroxylation sites is 1. The van der Waals surface area contributed by atoms with Gasteiger partial charge < -0.3 is 14.8 Å². The summed E-state index contributed by atoms with van der Waals surface area (Å²) < 4.78 is 10.9. The van der Waals surface area contributed by atoms with Gasteiger partial charge in [-0.05, 0) is 49.6 Å². The molecule has 3 rings (SSSR count). The number of urea groups is 1. The van der Waals surface area contributed by atoms with Crippen LogP contribution in [0.1, 0.15) is 35.7 Å². The molecule has 2 N–H and O–H groups in total. The molecule has 152 valence electrons. The number of rotatable bonds is 7. The van der Waals surface area contributed by atoms with Crippen LogP contribution >= 0.6 is 11.6 Å². The minimum absolute atomic E-state index is 0.116. The number of benzene rings is 2. The third-order valence-electron chi connectivity index (χ3n) is 4.22. The van der Waals surface area contributed by atoms with Gasteiger partial charge in [-0.1, -0.05) is 35.9 Å². The molecule has 8 heteroatoms. The molecule has 1 aliphatic carbocycles. The van der Waals surface area contributed by atoms with E-state index in [1.54, 1.807) is 36.4 Å². The first-order valence-electron chi connectivity index (χ1n) is 9.21. The van der Waals surface area contributed by atoms with E-state index in [-0.39, 0.29) is 18.2 Å². The van der Waals surface area contributed by atoms with Crippen LogP contribution in [0.25, 0.3) is 0 Å². The highest BCUT2D eigenvalue weighted by molar-refractivity contribution is 6.30. The largest absolute Gasteiger partial charge is 0.488 e. The lowest BCUT2D eigenvalue weighted by molar-refractivity contribution is -0.127. The lowest BCUT2D eigenvalue weighted by atomic mass is 10.2. The summed E-state index contributed by atoms with van der Waals surface area (Å²) >= 11 is 5.87. The third-order valence-corrected chi connectivity index (χ3v) is 4.47. The van der Waals surface area contributed by atoms with Crippen LogP contribution in [0.5, 0.6) is 5.75 Å². The Hall–Kier alpha value is -3.06. The summed E-state index contributed by atoms with van der Waals surface area (Å²) in [7, 11) is 0. The maximum atomic E-state index is 12.5. The van der Waals surface area contributed by atoms with E-state index in [1.165, 1.54) is 6.92 Å². The molecule has 3 amide bonds. The van der Waals surface area contributed by atoms with Crippen molar-refractivity contribution in [2.75, 3.05) is 0 Å². The van der Waals surface area contributed by atoms with Crippen molar-refractivity contribution in [3.8, 4) is 5.75 Å². The average Bonchev–Trinajstić information content (AvgIpc) is 3.51. The molecule has 2 aromatic carbocycles. The third kappa shape index (κ3) is 6.22. The van der Waals surface area contributed by atoms with Crippen LogP contribution in [-0.2, 0) is 16.1 Å². The van der Waals surface area contributed by atoms with Crippen LogP contribution in [-0.4, -0.2) is 30.1 Å². The monoisotopic (exact) mass is 416 g/mol. The number of hydrogen-bond donors (Lipinski definition) is 2. The molecule has 0 aliphatic heterocycles. The van der Waals surface area contributed by atoms with E-state index in [4.69, 9.17) is 21.1 Å². The van der Waals surface area contributed by atoms with Gasteiger partial charge >= 0.3 is 12.0 Å². The molecule has 2 aromatic rings. The summed E-state index contributed by atoms with van der Waals surface area (Å²) in [5.41, 5.74) is 1.07. The number of carbonyl (C=O) groups is 3. The summed E-state index contributed by atoms with van der Waals surface area (Å²) in [5, 5.41) is 5.42. The molecular weight excluding hydrogens is 396 g/mol. The van der Waals surface area contributed by atoms with E-state index in [2.05, 4.69) is 10.6 Å². The maximum Gasteiger partial charge on any atom is 0.342 e. The second-order valence-corrected chi connectivity index (χ2v) is 7.13. The molecule has 1 fully saturated rings. The van der Waals surface area contributed by atoms with E-state index in [1.807, 2.05) is 12.1 Å². The molecule has 0 radical (unpaired) electrons. The summed E-state index contributed by atoms with van der Waals surface area (Å²) in [4.78, 5) is 36.2. The Morgan fingerprint density at radius 1 is 1.10 bits per heavy atom. The molecular formula is C21H21ClN2O5. The van der Waals surface area contributed by atoms with Gasteiger partial charge in [0.25, 0.3) is 5.91 Å². The number of amides is 3. The van der Waals surface area contributed by atoms with Gasteiger partial charge in [0, 0.05) is 11.1 Å². The number of carbonyl (C=O) groups excluding carboxylic acids is 3. The fourth-order valence-electron chi connectivity index (χ4n) is 2.44. The molecule has 0 bridgehead atoms. The molecule has 0 spiro atoms. The Morgan fingerprint density at radius 3 is 2.48 bits per heavy atom. The predicted octanol–water partition coefficient (Wildman–Crippen LogP) is 3.45. The van der Waals surface area contributed by atoms with Crippen LogP contribution in [0, 0.1) is 0 Å². The zero-order valence-electron chi connectivity index (χ0n) is 15.8. The lowest BCUT2D eigenvalue weighted by Crippen LogP contribution is -2.45. The van der Waals surface area contributed by atoms with Crippen molar-refractivity contribution in [3.05, 3.63) is 64.7 Å². The molecule has 1 atom stereocenters. The normalized spacial score (nSPS) is 13.9. The summed E-state index contributed by atoms with van der Waals surface area (Å²) in [6.45, 7) is 1.63. The van der Waals surface area contributed by atoms with Crippen molar-refractivity contribution < 1.29 is 23.9 Å². The average molecular weight is 417 g/mol. The fourth-order valence-corrected chi connectivity index (χ4v) is 2.57. The highest BCUT2D eigenvalue weighted by atomic mass is 35.5. The molecule has 0 heterocycles. The predicted molar refractivity (Wildman–Crippen MR) is 107 cm³/mol. The number of hydrogen-bond acceptors (Lipinski definition) is 5. The van der Waals surface area contributed by atoms with Crippen LogP contribution in [0.2, 0.25) is 5.02 Å². The van der Waals surface area contributed by atoms with E-state index < -0.39 is 24.0 Å². The van der Waals surface area contributed by atoms with Crippen molar-refractivity contribution in [2.45, 2.75) is 38.5 Å². The molecule has 0 aromatic heterocycles. The van der Waals surface area contributed by atoms with Gasteiger partial charge in [-0.2, -0.15) is 0 Å². The number of imide groups is 1. The first-order valence-corrected chi connectivity index (χ1v) is 9.59. The molecule has 0 saturated heterocycles. The second kappa shape index (κ2) is 9.43. The number of esters is 1. The highest BCUT2D eigenvalue weighted by Crippen LogP contribution is 2.21. The van der Waals surface area contributed by atoms with Gasteiger partial charge in [-0.25, -0.2) is 9.59 Å². The van der Waals surface area contributed by atoms with Crippen molar-refractivity contribution in [1.29, 1.82) is 0 Å². The number of ether oxygens (including phenoxy) is 2. The van der Waals surface area contributed by atoms with Crippen molar-refractivity contribution in [2.24, 2.45) is 0 Å². The minimum Gasteiger partial charge on any atom is -0.488 e. The summed E-state index contributed by atoms with van der Waals surface area (Å²) in [6.07, 6.45) is 0.662. The Balaban J connectivity index is 1.57. The lowest BCUT2D eigenvalue weighted by Gasteiger charge is -2.15. The van der Waals surface area contributed by atoms with Crippen molar-refractivity contribution in [3.63, 3.8) is 0 Å². The van der Waals surface area contributed by atoms with Gasteiger partial charge in [0.05, 0.1) is 0 Å². The Bertz CT molecular complexity index is 896. The molecule has 29 heavy (non-hydrogen) atoms. The van der Waals surface area contributed by atoms with Gasteiger partial charge in [0.2, 0.25) is 0 Å². The summed E-state index contributed by atoms with van der Waals surface area (Å²) in [5.74, 6) is -1.09. The SMILES string of the molecule is C[C@H](OC(=O)c1ccccc1OCc1ccc(Cl)cc1)C(=O)NC(=O)NC1CC1. The zero-order valence-corrected chi connectivity index (χ0v) is 16.6. The quantitative estimate of drug-likeness (QED) is 0.674. The van der Waals surface area contributed by atoms with Crippen molar-refractivity contribution >= 4 is 29.5 Å². The van der Waals surface area contributed by atoms with Crippen LogP contribution in [0.4, 0.5) is 4.79 Å². The van der Waals surface area contributed by atoms with Crippen LogP contribution < -0.4 is 15.4 Å². The molecule has 0 unspecified atom stereocenters. The second-order valence-electron chi connectivity index (χ2n) is 6.70. The first-order chi connectivity index (χ1) is 13.9.